The molecule has 1 rings (SSSR count). The highest BCUT2D eigenvalue weighted by Gasteiger charge is 2.28. The fourth-order valence-corrected chi connectivity index (χ4v) is 2.51. The number of hydrogen-bond acceptors (Lipinski definition) is 3. The van der Waals surface area contributed by atoms with E-state index in [0.717, 1.165) is 17.9 Å². The minimum absolute atomic E-state index is 0.324. The molecule has 3 nitrogen and oxygen atoms in total. The van der Waals surface area contributed by atoms with Gasteiger partial charge in [-0.15, -0.1) is 0 Å². The van der Waals surface area contributed by atoms with Crippen molar-refractivity contribution in [1.82, 2.24) is 4.90 Å². The molecule has 1 saturated heterocycles. The molecule has 1 aliphatic heterocycles. The van der Waals surface area contributed by atoms with E-state index in [9.17, 15) is 4.79 Å². The fraction of sp³-hybridized carbons (Fsp3) is 0.667. The number of hydrogen-bond donors (Lipinski definition) is 1. The number of aliphatic carboxylic acids is 1. The number of carboxylic acids is 1. The first-order valence-corrected chi connectivity index (χ1v) is 5.45. The maximum absolute atomic E-state index is 10.9. The van der Waals surface area contributed by atoms with Crippen LogP contribution in [0.25, 0.3) is 0 Å². The van der Waals surface area contributed by atoms with Crippen molar-refractivity contribution in [2.24, 2.45) is 0 Å². The van der Waals surface area contributed by atoms with Crippen molar-refractivity contribution in [2.45, 2.75) is 13.0 Å². The van der Waals surface area contributed by atoms with Gasteiger partial charge in [0.2, 0.25) is 0 Å². The van der Waals surface area contributed by atoms with Gasteiger partial charge in [0, 0.05) is 24.6 Å². The van der Waals surface area contributed by atoms with E-state index in [1.807, 2.05) is 11.8 Å². The van der Waals surface area contributed by atoms with E-state index in [1.54, 1.807) is 11.8 Å². The SMILES string of the molecule is C=C(C)CN1CCSCC1C(=O)O. The molecule has 0 saturated carbocycles. The summed E-state index contributed by atoms with van der Waals surface area (Å²) < 4.78 is 0. The van der Waals surface area contributed by atoms with Crippen LogP contribution in [-0.2, 0) is 4.79 Å². The van der Waals surface area contributed by atoms with Crippen molar-refractivity contribution >= 4 is 17.7 Å². The van der Waals surface area contributed by atoms with Crippen molar-refractivity contribution in [3.8, 4) is 0 Å². The molecule has 1 fully saturated rings. The Morgan fingerprint density at radius 2 is 2.46 bits per heavy atom. The Morgan fingerprint density at radius 1 is 1.77 bits per heavy atom. The van der Waals surface area contributed by atoms with E-state index in [4.69, 9.17) is 5.11 Å². The molecule has 1 unspecified atom stereocenters. The normalized spacial score (nSPS) is 24.2. The number of carbonyl (C=O) groups is 1. The van der Waals surface area contributed by atoms with Crippen molar-refractivity contribution < 1.29 is 9.90 Å². The van der Waals surface area contributed by atoms with E-state index < -0.39 is 5.97 Å². The van der Waals surface area contributed by atoms with E-state index in [0.29, 0.717) is 12.3 Å². The Labute approximate surface area is 82.8 Å². The molecule has 0 amide bonds. The summed E-state index contributed by atoms with van der Waals surface area (Å²) in [7, 11) is 0. The summed E-state index contributed by atoms with van der Waals surface area (Å²) in [6.07, 6.45) is 0. The van der Waals surface area contributed by atoms with Gasteiger partial charge in [-0.05, 0) is 6.92 Å². The lowest BCUT2D eigenvalue weighted by Gasteiger charge is -2.32. The monoisotopic (exact) mass is 201 g/mol. The minimum atomic E-state index is -0.714. The van der Waals surface area contributed by atoms with Crippen LogP contribution >= 0.6 is 11.8 Å². The quantitative estimate of drug-likeness (QED) is 0.693. The summed E-state index contributed by atoms with van der Waals surface area (Å²) in [5.74, 6) is 1.01. The summed E-state index contributed by atoms with van der Waals surface area (Å²) in [6.45, 7) is 7.29. The molecule has 1 atom stereocenters. The number of thioether (sulfide) groups is 1. The van der Waals surface area contributed by atoms with Crippen LogP contribution in [0, 0.1) is 0 Å². The molecule has 74 valence electrons. The average molecular weight is 201 g/mol. The molecule has 1 N–H and O–H groups in total. The van der Waals surface area contributed by atoms with Gasteiger partial charge in [0.05, 0.1) is 0 Å². The zero-order valence-electron chi connectivity index (χ0n) is 7.82. The van der Waals surface area contributed by atoms with Gasteiger partial charge >= 0.3 is 5.97 Å². The second-order valence-electron chi connectivity index (χ2n) is 3.36. The third-order valence-electron chi connectivity index (χ3n) is 2.00. The Kier molecular flexibility index (Phi) is 3.81. The van der Waals surface area contributed by atoms with Crippen LogP contribution in [0.4, 0.5) is 0 Å². The van der Waals surface area contributed by atoms with Crippen LogP contribution in [0.3, 0.4) is 0 Å². The first-order valence-electron chi connectivity index (χ1n) is 4.30. The van der Waals surface area contributed by atoms with Crippen LogP contribution in [-0.4, -0.2) is 46.6 Å². The van der Waals surface area contributed by atoms with Gasteiger partial charge in [-0.2, -0.15) is 11.8 Å². The molecule has 0 bridgehead atoms. The first kappa shape index (κ1) is 10.6. The second kappa shape index (κ2) is 4.67. The molecule has 0 spiro atoms. The van der Waals surface area contributed by atoms with Crippen molar-refractivity contribution in [1.29, 1.82) is 0 Å². The standard InChI is InChI=1S/C9H15NO2S/c1-7(2)5-10-3-4-13-6-8(10)9(11)12/h8H,1,3-6H2,2H3,(H,11,12). The zero-order valence-corrected chi connectivity index (χ0v) is 8.64. The Morgan fingerprint density at radius 3 is 3.00 bits per heavy atom. The molecular formula is C9H15NO2S. The molecule has 1 aliphatic rings. The molecule has 0 radical (unpaired) electrons. The first-order chi connectivity index (χ1) is 6.11. The van der Waals surface area contributed by atoms with Crippen molar-refractivity contribution in [3.05, 3.63) is 12.2 Å². The van der Waals surface area contributed by atoms with E-state index in [1.165, 1.54) is 0 Å². The van der Waals surface area contributed by atoms with Crippen LogP contribution in [0.5, 0.6) is 0 Å². The summed E-state index contributed by atoms with van der Waals surface area (Å²) in [6, 6.07) is -0.324. The Balaban J connectivity index is 2.56. The number of carboxylic acid groups (broad SMARTS) is 1. The third-order valence-corrected chi connectivity index (χ3v) is 3.02. The lowest BCUT2D eigenvalue weighted by Crippen LogP contribution is -2.47. The maximum atomic E-state index is 10.9. The minimum Gasteiger partial charge on any atom is -0.480 e. The molecule has 0 aromatic heterocycles. The summed E-state index contributed by atoms with van der Waals surface area (Å²) in [5.41, 5.74) is 1.03. The molecular weight excluding hydrogens is 186 g/mol. The summed E-state index contributed by atoms with van der Waals surface area (Å²) in [5, 5.41) is 8.94. The molecule has 0 aromatic rings. The molecule has 0 aromatic carbocycles. The highest BCUT2D eigenvalue weighted by atomic mass is 32.2. The third kappa shape index (κ3) is 3.04. The second-order valence-corrected chi connectivity index (χ2v) is 4.51. The largest absolute Gasteiger partial charge is 0.480 e. The lowest BCUT2D eigenvalue weighted by atomic mass is 10.2. The highest BCUT2D eigenvalue weighted by molar-refractivity contribution is 7.99. The van der Waals surface area contributed by atoms with Crippen LogP contribution in [0.2, 0.25) is 0 Å². The molecule has 4 heteroatoms. The van der Waals surface area contributed by atoms with Gasteiger partial charge in [-0.3, -0.25) is 9.69 Å². The predicted molar refractivity (Wildman–Crippen MR) is 55.1 cm³/mol. The lowest BCUT2D eigenvalue weighted by molar-refractivity contribution is -0.142. The van der Waals surface area contributed by atoms with Crippen molar-refractivity contribution in [3.63, 3.8) is 0 Å². The number of nitrogens with zero attached hydrogens (tertiary/aromatic N) is 1. The van der Waals surface area contributed by atoms with Gasteiger partial charge < -0.3 is 5.11 Å². The Hall–Kier alpha value is -0.480. The van der Waals surface area contributed by atoms with Gasteiger partial charge in [-0.1, -0.05) is 12.2 Å². The predicted octanol–water partition coefficient (Wildman–Crippen LogP) is 1.06. The Bertz CT molecular complexity index is 218. The van der Waals surface area contributed by atoms with Crippen LogP contribution in [0.1, 0.15) is 6.92 Å². The van der Waals surface area contributed by atoms with Gasteiger partial charge in [-0.25, -0.2) is 0 Å². The van der Waals surface area contributed by atoms with Crippen molar-refractivity contribution in [2.75, 3.05) is 24.6 Å². The van der Waals surface area contributed by atoms with Crippen LogP contribution in [0.15, 0.2) is 12.2 Å². The summed E-state index contributed by atoms with van der Waals surface area (Å²) >= 11 is 1.71. The fourth-order valence-electron chi connectivity index (χ4n) is 1.40. The topological polar surface area (TPSA) is 40.5 Å². The van der Waals surface area contributed by atoms with E-state index in [2.05, 4.69) is 6.58 Å². The molecule has 13 heavy (non-hydrogen) atoms. The van der Waals surface area contributed by atoms with Gasteiger partial charge in [0.25, 0.3) is 0 Å². The number of rotatable bonds is 3. The smallest absolute Gasteiger partial charge is 0.321 e. The van der Waals surface area contributed by atoms with E-state index >= 15 is 0 Å². The van der Waals surface area contributed by atoms with Gasteiger partial charge in [0.15, 0.2) is 0 Å². The van der Waals surface area contributed by atoms with Gasteiger partial charge in [0.1, 0.15) is 6.04 Å². The molecule has 1 heterocycles. The van der Waals surface area contributed by atoms with E-state index in [-0.39, 0.29) is 6.04 Å². The summed E-state index contributed by atoms with van der Waals surface area (Å²) in [4.78, 5) is 12.8. The maximum Gasteiger partial charge on any atom is 0.321 e. The average Bonchev–Trinajstić information content (AvgIpc) is 2.03. The highest BCUT2D eigenvalue weighted by Crippen LogP contribution is 2.17. The van der Waals surface area contributed by atoms with Crippen LogP contribution < -0.4 is 0 Å². The molecule has 0 aliphatic carbocycles. The zero-order chi connectivity index (χ0) is 9.84.